The van der Waals surface area contributed by atoms with Crippen molar-refractivity contribution in [2.45, 2.75) is 26.0 Å². The zero-order valence-electron chi connectivity index (χ0n) is 12.4. The van der Waals surface area contributed by atoms with Crippen LogP contribution in [0, 0.1) is 0 Å². The van der Waals surface area contributed by atoms with Gasteiger partial charge in [0.15, 0.2) is 9.84 Å². The number of esters is 1. The van der Waals surface area contributed by atoms with Gasteiger partial charge in [0.1, 0.15) is 11.5 Å². The molecular formula is C14H21NO5S. The molecule has 2 N–H and O–H groups in total. The third-order valence-corrected chi connectivity index (χ3v) is 4.22. The van der Waals surface area contributed by atoms with Crippen molar-refractivity contribution >= 4 is 15.8 Å². The molecule has 0 amide bonds. The smallest absolute Gasteiger partial charge is 0.320 e. The lowest BCUT2D eigenvalue weighted by Gasteiger charge is -2.14. The summed E-state index contributed by atoms with van der Waals surface area (Å²) in [7, 11) is -2.46. The fraction of sp³-hybridized carbons (Fsp3) is 0.500. The van der Waals surface area contributed by atoms with Crippen LogP contribution < -0.4 is 10.5 Å². The van der Waals surface area contributed by atoms with Crippen molar-refractivity contribution in [2.24, 2.45) is 5.73 Å². The Morgan fingerprint density at radius 2 is 1.81 bits per heavy atom. The number of ether oxygens (including phenoxy) is 2. The van der Waals surface area contributed by atoms with Crippen LogP contribution in [0.15, 0.2) is 24.3 Å². The first kappa shape index (κ1) is 17.5. The van der Waals surface area contributed by atoms with Gasteiger partial charge in [-0.3, -0.25) is 4.79 Å². The molecule has 0 heterocycles. The van der Waals surface area contributed by atoms with Crippen LogP contribution in [-0.2, 0) is 19.4 Å². The van der Waals surface area contributed by atoms with E-state index < -0.39 is 27.6 Å². The second-order valence-electron chi connectivity index (χ2n) is 4.97. The van der Waals surface area contributed by atoms with E-state index in [1.165, 1.54) is 0 Å². The molecule has 118 valence electrons. The van der Waals surface area contributed by atoms with E-state index in [4.69, 9.17) is 10.5 Å². The normalized spacial score (nSPS) is 13.0. The van der Waals surface area contributed by atoms with Gasteiger partial charge >= 0.3 is 5.97 Å². The van der Waals surface area contributed by atoms with Crippen molar-refractivity contribution in [3.63, 3.8) is 0 Å². The number of benzene rings is 1. The Hall–Kier alpha value is -1.60. The number of carbonyl (C=O) groups excluding carboxylic acids is 1. The summed E-state index contributed by atoms with van der Waals surface area (Å²) in [5.41, 5.74) is 6.54. The monoisotopic (exact) mass is 315 g/mol. The van der Waals surface area contributed by atoms with Gasteiger partial charge in [0.2, 0.25) is 0 Å². The minimum atomic E-state index is -3.60. The van der Waals surface area contributed by atoms with Gasteiger partial charge in [-0.2, -0.15) is 0 Å². The maximum atomic E-state index is 11.8. The summed E-state index contributed by atoms with van der Waals surface area (Å²) >= 11 is 0. The highest BCUT2D eigenvalue weighted by molar-refractivity contribution is 7.92. The molecule has 1 aromatic rings. The van der Waals surface area contributed by atoms with Crippen molar-refractivity contribution in [1.82, 2.24) is 0 Å². The zero-order valence-corrected chi connectivity index (χ0v) is 13.2. The van der Waals surface area contributed by atoms with E-state index in [9.17, 15) is 13.2 Å². The lowest BCUT2D eigenvalue weighted by atomic mass is 10.1. The number of hydrogen-bond donors (Lipinski definition) is 1. The van der Waals surface area contributed by atoms with Crippen LogP contribution in [0.2, 0.25) is 0 Å². The number of sulfone groups is 1. The Morgan fingerprint density at radius 3 is 2.29 bits per heavy atom. The van der Waals surface area contributed by atoms with E-state index in [0.29, 0.717) is 11.3 Å². The third kappa shape index (κ3) is 6.14. The molecule has 6 nitrogen and oxygen atoms in total. The predicted molar refractivity (Wildman–Crippen MR) is 79.8 cm³/mol. The molecule has 0 aromatic heterocycles. The molecule has 0 bridgehead atoms. The summed E-state index contributed by atoms with van der Waals surface area (Å²) in [6.07, 6.45) is 0.0601. The molecule has 0 saturated heterocycles. The molecule has 21 heavy (non-hydrogen) atoms. The number of methoxy groups -OCH3 is 1. The average molecular weight is 315 g/mol. The molecule has 0 spiro atoms. The Labute approximate surface area is 125 Å². The van der Waals surface area contributed by atoms with Gasteiger partial charge in [-0.15, -0.1) is 0 Å². The highest BCUT2D eigenvalue weighted by Gasteiger charge is 2.21. The van der Waals surface area contributed by atoms with Crippen LogP contribution in [0.5, 0.6) is 5.75 Å². The van der Waals surface area contributed by atoms with Crippen molar-refractivity contribution in [3.05, 3.63) is 29.8 Å². The topological polar surface area (TPSA) is 95.7 Å². The molecule has 0 aliphatic carbocycles. The van der Waals surface area contributed by atoms with Crippen LogP contribution in [0.4, 0.5) is 0 Å². The molecule has 0 radical (unpaired) electrons. The number of nitrogens with two attached hydrogens (primary N) is 1. The van der Waals surface area contributed by atoms with E-state index in [-0.39, 0.29) is 11.9 Å². The molecule has 0 fully saturated rings. The molecule has 1 unspecified atom stereocenters. The fourth-order valence-electron chi connectivity index (χ4n) is 1.73. The van der Waals surface area contributed by atoms with E-state index in [0.717, 1.165) is 7.11 Å². The summed E-state index contributed by atoms with van der Waals surface area (Å²) in [5.74, 6) is -1.07. The lowest BCUT2D eigenvalue weighted by molar-refractivity contribution is -0.137. The van der Waals surface area contributed by atoms with E-state index in [1.807, 2.05) is 13.8 Å². The van der Waals surface area contributed by atoms with Crippen LogP contribution in [0.25, 0.3) is 0 Å². The first-order valence-electron chi connectivity index (χ1n) is 6.53. The average Bonchev–Trinajstić information content (AvgIpc) is 2.37. The number of hydrogen-bond acceptors (Lipinski definition) is 6. The summed E-state index contributed by atoms with van der Waals surface area (Å²) in [5, 5.41) is 0. The van der Waals surface area contributed by atoms with Crippen LogP contribution in [-0.4, -0.2) is 39.1 Å². The number of rotatable bonds is 7. The highest BCUT2D eigenvalue weighted by atomic mass is 32.2. The van der Waals surface area contributed by atoms with Gasteiger partial charge in [0, 0.05) is 6.04 Å². The fourth-order valence-corrected chi connectivity index (χ4v) is 3.07. The Kier molecular flexibility index (Phi) is 6.17. The van der Waals surface area contributed by atoms with Gasteiger partial charge < -0.3 is 15.2 Å². The second kappa shape index (κ2) is 7.42. The van der Waals surface area contributed by atoms with Crippen LogP contribution in [0.3, 0.4) is 0 Å². The van der Waals surface area contributed by atoms with Gasteiger partial charge in [-0.05, 0) is 31.5 Å². The summed E-state index contributed by atoms with van der Waals surface area (Å²) in [4.78, 5) is 11.0. The Morgan fingerprint density at radius 1 is 1.24 bits per heavy atom. The zero-order chi connectivity index (χ0) is 16.0. The number of carbonyl (C=O) groups is 1. The second-order valence-corrected chi connectivity index (χ2v) is 7.08. The van der Waals surface area contributed by atoms with Crippen LogP contribution >= 0.6 is 0 Å². The SMILES string of the molecule is COC(=O)CS(=O)(=O)CC(N)c1ccc(OC(C)C)cc1. The first-order valence-corrected chi connectivity index (χ1v) is 8.35. The minimum absolute atomic E-state index is 0.0601. The summed E-state index contributed by atoms with van der Waals surface area (Å²) in [6.45, 7) is 3.83. The predicted octanol–water partition coefficient (Wildman–Crippen LogP) is 1.06. The molecule has 0 aliphatic rings. The van der Waals surface area contributed by atoms with Crippen molar-refractivity contribution in [3.8, 4) is 5.75 Å². The Bertz CT molecular complexity index is 566. The molecule has 1 atom stereocenters. The maximum Gasteiger partial charge on any atom is 0.320 e. The molecular weight excluding hydrogens is 294 g/mol. The largest absolute Gasteiger partial charge is 0.491 e. The summed E-state index contributed by atoms with van der Waals surface area (Å²) < 4.78 is 33.4. The molecule has 0 saturated carbocycles. The molecule has 1 rings (SSSR count). The van der Waals surface area contributed by atoms with Crippen molar-refractivity contribution < 1.29 is 22.7 Å². The highest BCUT2D eigenvalue weighted by Crippen LogP contribution is 2.18. The molecule has 0 aliphatic heterocycles. The minimum Gasteiger partial charge on any atom is -0.491 e. The van der Waals surface area contributed by atoms with Gasteiger partial charge in [-0.25, -0.2) is 8.42 Å². The van der Waals surface area contributed by atoms with Crippen molar-refractivity contribution in [2.75, 3.05) is 18.6 Å². The third-order valence-electron chi connectivity index (χ3n) is 2.68. The maximum absolute atomic E-state index is 11.8. The van der Waals surface area contributed by atoms with Gasteiger partial charge in [0.25, 0.3) is 0 Å². The quantitative estimate of drug-likeness (QED) is 0.756. The van der Waals surface area contributed by atoms with E-state index in [1.54, 1.807) is 24.3 Å². The van der Waals surface area contributed by atoms with E-state index in [2.05, 4.69) is 4.74 Å². The van der Waals surface area contributed by atoms with Gasteiger partial charge in [-0.1, -0.05) is 12.1 Å². The van der Waals surface area contributed by atoms with E-state index >= 15 is 0 Å². The van der Waals surface area contributed by atoms with Crippen LogP contribution in [0.1, 0.15) is 25.5 Å². The molecule has 7 heteroatoms. The lowest BCUT2D eigenvalue weighted by Crippen LogP contribution is -2.27. The molecule has 1 aromatic carbocycles. The standard InChI is InChI=1S/C14H21NO5S/c1-10(2)20-12-6-4-11(5-7-12)13(15)8-21(17,18)9-14(16)19-3/h4-7,10,13H,8-9,15H2,1-3H3. The van der Waals surface area contributed by atoms with Gasteiger partial charge in [0.05, 0.1) is 19.0 Å². The first-order chi connectivity index (χ1) is 9.73. The summed E-state index contributed by atoms with van der Waals surface area (Å²) in [6, 6.07) is 6.21. The Balaban J connectivity index is 2.71. The van der Waals surface area contributed by atoms with Crippen molar-refractivity contribution in [1.29, 1.82) is 0 Å².